The van der Waals surface area contributed by atoms with Crippen LogP contribution in [-0.4, -0.2) is 39.9 Å². The first kappa shape index (κ1) is 57.4. The van der Waals surface area contributed by atoms with E-state index in [1.807, 2.05) is 103 Å². The zero-order valence-corrected chi connectivity index (χ0v) is 52.9. The van der Waals surface area contributed by atoms with E-state index in [2.05, 4.69) is 237 Å². The van der Waals surface area contributed by atoms with Crippen molar-refractivity contribution in [3.8, 4) is 135 Å². The number of hydrogen-bond donors (Lipinski definition) is 0. The van der Waals surface area contributed by atoms with Crippen LogP contribution in [0.4, 0.5) is 0 Å². The molecule has 0 unspecified atom stereocenters. The van der Waals surface area contributed by atoms with Crippen LogP contribution in [0.2, 0.25) is 0 Å². The lowest BCUT2D eigenvalue weighted by molar-refractivity contribution is 1.07. The van der Waals surface area contributed by atoms with Crippen LogP contribution in [-0.2, 0) is 0 Å². The van der Waals surface area contributed by atoms with E-state index in [1.54, 1.807) is 0 Å². The second-order valence-corrected chi connectivity index (χ2v) is 24.5. The molecule has 18 rings (SSSR count). The molecule has 18 aromatic rings. The van der Waals surface area contributed by atoms with Crippen molar-refractivity contribution in [2.45, 2.75) is 0 Å². The molecule has 0 amide bonds. The van der Waals surface area contributed by atoms with Crippen LogP contribution >= 0.6 is 0 Å². The second-order valence-electron chi connectivity index (χ2n) is 24.5. The zero-order valence-electron chi connectivity index (χ0n) is 52.9. The standard InChI is InChI=1S/C90H56N8/c1-4-21-58(22-5-1)85-93-86(59-23-6-2-7-24-59)97-90(96-85)68-32-18-30-65(55-68)83-72(48-50-82-78(83)39-19-51-92-82)64-29-16-27-62(53-64)69-33-10-11-34-70(69)63-28-17-31-67(54-63)89-95-87(60-25-8-3-9-26-60)94-88(98-89)61-43-41-57(42-44-61)71-47-49-81-79(40-20-52-91-81)84(71)66-45-46-77-75-37-13-12-35-73(75)74-36-14-15-38-76(74)80(77)56-66/h1-56H. The number of pyridine rings is 2. The molecule has 0 fully saturated rings. The van der Waals surface area contributed by atoms with E-state index in [9.17, 15) is 0 Å². The summed E-state index contributed by atoms with van der Waals surface area (Å²) < 4.78 is 0. The number of benzene rings is 14. The van der Waals surface area contributed by atoms with Gasteiger partial charge in [0.05, 0.1) is 11.0 Å². The van der Waals surface area contributed by atoms with Crippen LogP contribution in [0.5, 0.6) is 0 Å². The molecule has 0 N–H and O–H groups in total. The lowest BCUT2D eigenvalue weighted by Gasteiger charge is -2.17. The summed E-state index contributed by atoms with van der Waals surface area (Å²) in [5.41, 5.74) is 20.1. The first-order chi connectivity index (χ1) is 48.6. The molecule has 0 radical (unpaired) electrons. The van der Waals surface area contributed by atoms with Gasteiger partial charge in [-0.3, -0.25) is 9.97 Å². The summed E-state index contributed by atoms with van der Waals surface area (Å²) in [7, 11) is 0. The van der Waals surface area contributed by atoms with E-state index in [4.69, 9.17) is 39.9 Å². The van der Waals surface area contributed by atoms with Gasteiger partial charge in [0.2, 0.25) is 0 Å². The van der Waals surface area contributed by atoms with E-state index in [1.165, 1.54) is 32.3 Å². The molecule has 0 bridgehead atoms. The number of hydrogen-bond acceptors (Lipinski definition) is 8. The van der Waals surface area contributed by atoms with Gasteiger partial charge in [0.25, 0.3) is 0 Å². The Morgan fingerprint density at radius 2 is 0.449 bits per heavy atom. The van der Waals surface area contributed by atoms with Gasteiger partial charge in [-0.1, -0.05) is 279 Å². The summed E-state index contributed by atoms with van der Waals surface area (Å²) in [4.78, 5) is 40.6. The quantitative estimate of drug-likeness (QED) is 0.111. The Morgan fingerprint density at radius 1 is 0.153 bits per heavy atom. The van der Waals surface area contributed by atoms with Gasteiger partial charge in [0.1, 0.15) is 0 Å². The lowest BCUT2D eigenvalue weighted by atomic mass is 9.88. The Labute approximate surface area is 565 Å². The van der Waals surface area contributed by atoms with Crippen molar-refractivity contribution in [1.82, 2.24) is 39.9 Å². The molecule has 8 nitrogen and oxygen atoms in total. The number of fused-ring (bicyclic) bond motifs is 8. The molecular weight excluding hydrogens is 1190 g/mol. The predicted octanol–water partition coefficient (Wildman–Crippen LogP) is 22.6. The highest BCUT2D eigenvalue weighted by Crippen LogP contribution is 2.45. The average molecular weight is 1250 g/mol. The van der Waals surface area contributed by atoms with Crippen molar-refractivity contribution in [2.24, 2.45) is 0 Å². The smallest absolute Gasteiger partial charge is 0.164 e. The summed E-state index contributed by atoms with van der Waals surface area (Å²) in [6.07, 6.45) is 3.72. The monoisotopic (exact) mass is 1250 g/mol. The lowest BCUT2D eigenvalue weighted by Crippen LogP contribution is -2.00. The molecule has 8 heteroatoms. The molecule has 4 heterocycles. The molecule has 456 valence electrons. The van der Waals surface area contributed by atoms with Gasteiger partial charge in [0.15, 0.2) is 34.9 Å². The van der Waals surface area contributed by atoms with Gasteiger partial charge >= 0.3 is 0 Å². The summed E-state index contributed by atoms with van der Waals surface area (Å²) in [6, 6.07) is 115. The Bertz CT molecular complexity index is 6020. The topological polar surface area (TPSA) is 103 Å². The molecule has 98 heavy (non-hydrogen) atoms. The van der Waals surface area contributed by atoms with Gasteiger partial charge in [-0.25, -0.2) is 29.9 Å². The zero-order chi connectivity index (χ0) is 64.9. The molecule has 14 aromatic carbocycles. The van der Waals surface area contributed by atoms with Crippen LogP contribution in [0.15, 0.2) is 340 Å². The van der Waals surface area contributed by atoms with Gasteiger partial charge in [-0.15, -0.1) is 0 Å². The molecule has 0 aliphatic carbocycles. The van der Waals surface area contributed by atoms with Gasteiger partial charge in [-0.2, -0.15) is 0 Å². The Morgan fingerprint density at radius 3 is 0.918 bits per heavy atom. The minimum atomic E-state index is 0.575. The molecule has 0 atom stereocenters. The minimum Gasteiger partial charge on any atom is -0.256 e. The predicted molar refractivity (Wildman–Crippen MR) is 402 cm³/mol. The third-order valence-corrected chi connectivity index (χ3v) is 18.7. The first-order valence-corrected chi connectivity index (χ1v) is 32.9. The summed E-state index contributed by atoms with van der Waals surface area (Å²) in [5.74, 6) is 3.56. The van der Waals surface area contributed by atoms with E-state index in [0.717, 1.165) is 122 Å². The van der Waals surface area contributed by atoms with Crippen molar-refractivity contribution in [2.75, 3.05) is 0 Å². The van der Waals surface area contributed by atoms with Crippen molar-refractivity contribution >= 4 is 54.1 Å². The minimum absolute atomic E-state index is 0.575. The van der Waals surface area contributed by atoms with Crippen molar-refractivity contribution < 1.29 is 0 Å². The average Bonchev–Trinajstić information content (AvgIpc) is 0.741. The SMILES string of the molecule is c1ccc(-c2nc(-c3ccc(-c4ccc5ncccc5c4-c4ccc5c6ccccc6c6ccccc6c5c4)cc3)nc(-c3cccc(-c4ccccc4-c4cccc(-c5ccc6ncccc6c5-c5cccc(-c6nc(-c7ccccc7)nc(-c7ccccc7)n6)c5)c4)c3)n2)cc1. The highest BCUT2D eigenvalue weighted by atomic mass is 15.0. The van der Waals surface area contributed by atoms with Gasteiger partial charge in [-0.05, 0) is 148 Å². The van der Waals surface area contributed by atoms with E-state index in [0.29, 0.717) is 34.9 Å². The molecule has 4 aromatic heterocycles. The Hall–Kier alpha value is -13.3. The maximum Gasteiger partial charge on any atom is 0.164 e. The second kappa shape index (κ2) is 24.6. The molecule has 0 saturated heterocycles. The normalized spacial score (nSPS) is 11.5. The maximum atomic E-state index is 5.31. The molecule has 0 saturated carbocycles. The number of aromatic nitrogens is 8. The molecule has 0 aliphatic heterocycles. The van der Waals surface area contributed by atoms with Crippen LogP contribution in [0.3, 0.4) is 0 Å². The summed E-state index contributed by atoms with van der Waals surface area (Å²) in [5, 5.41) is 9.57. The van der Waals surface area contributed by atoms with Crippen LogP contribution in [0, 0.1) is 0 Å². The fourth-order valence-electron chi connectivity index (χ4n) is 14.0. The van der Waals surface area contributed by atoms with Crippen LogP contribution < -0.4 is 0 Å². The fraction of sp³-hybridized carbons (Fsp3) is 0. The third-order valence-electron chi connectivity index (χ3n) is 18.7. The summed E-state index contributed by atoms with van der Waals surface area (Å²) in [6.45, 7) is 0. The first-order valence-electron chi connectivity index (χ1n) is 32.9. The van der Waals surface area contributed by atoms with Crippen LogP contribution in [0.1, 0.15) is 0 Å². The van der Waals surface area contributed by atoms with E-state index in [-0.39, 0.29) is 0 Å². The fourth-order valence-corrected chi connectivity index (χ4v) is 14.0. The van der Waals surface area contributed by atoms with Crippen LogP contribution in [0.25, 0.3) is 189 Å². The third kappa shape index (κ3) is 10.6. The van der Waals surface area contributed by atoms with Gasteiger partial charge < -0.3 is 0 Å². The van der Waals surface area contributed by atoms with Crippen molar-refractivity contribution in [3.63, 3.8) is 0 Å². The summed E-state index contributed by atoms with van der Waals surface area (Å²) >= 11 is 0. The largest absolute Gasteiger partial charge is 0.256 e. The van der Waals surface area contributed by atoms with Crippen molar-refractivity contribution in [1.29, 1.82) is 0 Å². The number of nitrogens with zero attached hydrogens (tertiary/aromatic N) is 8. The molecular formula is C90H56N8. The Balaban J connectivity index is 0.700. The van der Waals surface area contributed by atoms with Crippen molar-refractivity contribution in [3.05, 3.63) is 340 Å². The van der Waals surface area contributed by atoms with E-state index < -0.39 is 0 Å². The van der Waals surface area contributed by atoms with Gasteiger partial charge in [0, 0.05) is 56.5 Å². The molecule has 0 spiro atoms. The molecule has 0 aliphatic rings. The highest BCUT2D eigenvalue weighted by molar-refractivity contribution is 6.26. The highest BCUT2D eigenvalue weighted by Gasteiger charge is 2.21. The maximum absolute atomic E-state index is 5.31. The number of rotatable bonds is 12. The van der Waals surface area contributed by atoms with E-state index >= 15 is 0 Å². The Kier molecular flexibility index (Phi) is 14.4.